The summed E-state index contributed by atoms with van der Waals surface area (Å²) in [4.78, 5) is 0. The van der Waals surface area contributed by atoms with Gasteiger partial charge in [-0.05, 0) is 22.8 Å². The molecule has 0 bridgehead atoms. The molecule has 0 spiro atoms. The van der Waals surface area contributed by atoms with Gasteiger partial charge in [-0.3, -0.25) is 0 Å². The Morgan fingerprint density at radius 1 is 0.769 bits per heavy atom. The lowest BCUT2D eigenvalue weighted by molar-refractivity contribution is -0.348. The molecule has 0 aliphatic heterocycles. The predicted octanol–water partition coefficient (Wildman–Crippen LogP) is 6.26. The van der Waals surface area contributed by atoms with Crippen molar-refractivity contribution in [1.29, 1.82) is 0 Å². The van der Waals surface area contributed by atoms with Crippen molar-refractivity contribution in [1.82, 2.24) is 0 Å². The predicted molar refractivity (Wildman–Crippen MR) is 82.2 cm³/mol. The monoisotopic (exact) mass is 380 g/mol. The average Bonchev–Trinajstić information content (AvgIpc) is 2.58. The Hall–Kier alpha value is -2.09. The molecular weight excluding hydrogens is 365 g/mol. The smallest absolute Gasteiger partial charge is 0.377 e. The molecule has 142 valence electrons. The molecule has 8 heteroatoms. The van der Waals surface area contributed by atoms with Crippen LogP contribution in [0.5, 0.6) is 0 Å². The highest BCUT2D eigenvalue weighted by Gasteiger charge is 2.72. The van der Waals surface area contributed by atoms with Crippen LogP contribution in [0.1, 0.15) is 18.1 Å². The summed E-state index contributed by atoms with van der Waals surface area (Å²) in [6.45, 7) is 0. The molecule has 0 aromatic heterocycles. The fraction of sp³-hybridized carbons (Fsp3) is 0.333. The minimum absolute atomic E-state index is 0.0179. The summed E-state index contributed by atoms with van der Waals surface area (Å²) in [5.41, 5.74) is -4.08. The average molecular weight is 380 g/mol. The van der Waals surface area contributed by atoms with Crippen molar-refractivity contribution in [3.8, 4) is 11.1 Å². The molecular formula is C18H15F7O. The number of rotatable bonds is 5. The molecule has 0 radical (unpaired) electrons. The first kappa shape index (κ1) is 20.2. The van der Waals surface area contributed by atoms with Gasteiger partial charge in [0.1, 0.15) is 0 Å². The molecule has 1 nitrogen and oxygen atoms in total. The normalized spacial score (nSPS) is 14.3. The minimum Gasteiger partial charge on any atom is -0.377 e. The summed E-state index contributed by atoms with van der Waals surface area (Å²) in [5, 5.41) is 0. The van der Waals surface area contributed by atoms with Crippen molar-refractivity contribution in [2.24, 2.45) is 0 Å². The van der Waals surface area contributed by atoms with Gasteiger partial charge in [0.15, 0.2) is 0 Å². The molecule has 0 N–H and O–H groups in total. The molecule has 0 aliphatic rings. The molecule has 1 unspecified atom stereocenters. The second kappa shape index (κ2) is 7.26. The Morgan fingerprint density at radius 2 is 1.31 bits per heavy atom. The van der Waals surface area contributed by atoms with Crippen molar-refractivity contribution in [3.63, 3.8) is 0 Å². The second-order valence-corrected chi connectivity index (χ2v) is 5.72. The Morgan fingerprint density at radius 3 is 1.81 bits per heavy atom. The third-order valence-electron chi connectivity index (χ3n) is 4.02. The molecule has 0 aliphatic carbocycles. The summed E-state index contributed by atoms with van der Waals surface area (Å²) < 4.78 is 95.6. The van der Waals surface area contributed by atoms with Crippen LogP contribution in [-0.2, 0) is 4.74 Å². The van der Waals surface area contributed by atoms with Crippen LogP contribution in [0.3, 0.4) is 0 Å². The lowest BCUT2D eigenvalue weighted by atomic mass is 9.91. The van der Waals surface area contributed by atoms with E-state index in [1.807, 2.05) is 0 Å². The molecule has 26 heavy (non-hydrogen) atoms. The highest BCUT2D eigenvalue weighted by molar-refractivity contribution is 5.64. The molecule has 2 rings (SSSR count). The van der Waals surface area contributed by atoms with Crippen LogP contribution in [0.15, 0.2) is 54.6 Å². The van der Waals surface area contributed by atoms with Crippen LogP contribution < -0.4 is 0 Å². The van der Waals surface area contributed by atoms with E-state index in [2.05, 4.69) is 0 Å². The Bertz CT molecular complexity index is 708. The Kier molecular flexibility index (Phi) is 5.65. The van der Waals surface area contributed by atoms with Crippen molar-refractivity contribution in [2.75, 3.05) is 7.11 Å². The molecule has 0 heterocycles. The van der Waals surface area contributed by atoms with E-state index in [1.165, 1.54) is 18.2 Å². The van der Waals surface area contributed by atoms with Gasteiger partial charge in [-0.15, -0.1) is 0 Å². The summed E-state index contributed by atoms with van der Waals surface area (Å²) in [6, 6.07) is 14.5. The maximum absolute atomic E-state index is 14.0. The number of hydrogen-bond acceptors (Lipinski definition) is 1. The second-order valence-electron chi connectivity index (χ2n) is 5.72. The zero-order valence-corrected chi connectivity index (χ0v) is 13.5. The third-order valence-corrected chi connectivity index (χ3v) is 4.02. The standard InChI is InChI=1S/C18H15F7O/c1-26-15(11-16(19,17(20,21)22)18(23,24)25)14-9-5-8-13(10-14)12-6-3-2-4-7-12/h2-10,15H,11H2,1H3. The summed E-state index contributed by atoms with van der Waals surface area (Å²) >= 11 is 0. The lowest BCUT2D eigenvalue weighted by Crippen LogP contribution is -2.54. The van der Waals surface area contributed by atoms with Crippen LogP contribution in [0.4, 0.5) is 30.7 Å². The lowest BCUT2D eigenvalue weighted by Gasteiger charge is -2.32. The number of alkyl halides is 7. The van der Waals surface area contributed by atoms with E-state index >= 15 is 0 Å². The highest BCUT2D eigenvalue weighted by Crippen LogP contribution is 2.51. The summed E-state index contributed by atoms with van der Waals surface area (Å²) in [5.74, 6) is 0. The van der Waals surface area contributed by atoms with Gasteiger partial charge >= 0.3 is 18.0 Å². The molecule has 2 aromatic carbocycles. The van der Waals surface area contributed by atoms with E-state index in [4.69, 9.17) is 4.74 Å². The number of halogens is 7. The summed E-state index contributed by atoms with van der Waals surface area (Å²) in [6.07, 6.45) is -15.9. The van der Waals surface area contributed by atoms with Crippen molar-refractivity contribution >= 4 is 0 Å². The molecule has 2 aromatic rings. The van der Waals surface area contributed by atoms with E-state index in [0.717, 1.165) is 7.11 Å². The van der Waals surface area contributed by atoms with Crippen molar-refractivity contribution in [3.05, 3.63) is 60.2 Å². The van der Waals surface area contributed by atoms with Crippen LogP contribution in [-0.4, -0.2) is 25.1 Å². The van der Waals surface area contributed by atoms with Crippen LogP contribution in [0.25, 0.3) is 11.1 Å². The van der Waals surface area contributed by atoms with Gasteiger partial charge in [0, 0.05) is 13.5 Å². The van der Waals surface area contributed by atoms with Gasteiger partial charge in [-0.1, -0.05) is 48.5 Å². The van der Waals surface area contributed by atoms with E-state index in [0.29, 0.717) is 11.1 Å². The van der Waals surface area contributed by atoms with Gasteiger partial charge < -0.3 is 4.74 Å². The maximum atomic E-state index is 14.0. The van der Waals surface area contributed by atoms with Crippen molar-refractivity contribution < 1.29 is 35.5 Å². The number of methoxy groups -OCH3 is 1. The fourth-order valence-electron chi connectivity index (χ4n) is 2.53. The molecule has 1 atom stereocenters. The first-order valence-electron chi connectivity index (χ1n) is 7.50. The Labute approximate surface area is 145 Å². The maximum Gasteiger partial charge on any atom is 0.431 e. The van der Waals surface area contributed by atoms with E-state index in [1.54, 1.807) is 36.4 Å². The van der Waals surface area contributed by atoms with Gasteiger partial charge in [0.05, 0.1) is 6.10 Å². The zero-order valence-electron chi connectivity index (χ0n) is 13.5. The molecule has 0 saturated heterocycles. The Balaban J connectivity index is 2.40. The zero-order chi connectivity index (χ0) is 19.6. The SMILES string of the molecule is COC(CC(F)(C(F)(F)F)C(F)(F)F)c1cccc(-c2ccccc2)c1. The van der Waals surface area contributed by atoms with Gasteiger partial charge in [0.25, 0.3) is 0 Å². The van der Waals surface area contributed by atoms with Gasteiger partial charge in [-0.25, -0.2) is 4.39 Å². The van der Waals surface area contributed by atoms with Crippen LogP contribution in [0.2, 0.25) is 0 Å². The molecule has 0 fully saturated rings. The van der Waals surface area contributed by atoms with Gasteiger partial charge in [0.2, 0.25) is 0 Å². The quantitative estimate of drug-likeness (QED) is 0.556. The third kappa shape index (κ3) is 4.00. The van der Waals surface area contributed by atoms with E-state index in [-0.39, 0.29) is 5.56 Å². The van der Waals surface area contributed by atoms with Crippen molar-refractivity contribution in [2.45, 2.75) is 30.5 Å². The number of hydrogen-bond donors (Lipinski definition) is 0. The molecule has 0 amide bonds. The topological polar surface area (TPSA) is 9.23 Å². The number of benzene rings is 2. The minimum atomic E-state index is -6.11. The van der Waals surface area contributed by atoms with E-state index in [9.17, 15) is 30.7 Å². The summed E-state index contributed by atoms with van der Waals surface area (Å²) in [7, 11) is 0.938. The molecule has 0 saturated carbocycles. The van der Waals surface area contributed by atoms with E-state index < -0.39 is 30.5 Å². The first-order chi connectivity index (χ1) is 12.0. The number of ether oxygens (including phenoxy) is 1. The fourth-order valence-corrected chi connectivity index (χ4v) is 2.53. The van der Waals surface area contributed by atoms with Crippen LogP contribution in [0, 0.1) is 0 Å². The van der Waals surface area contributed by atoms with Gasteiger partial charge in [-0.2, -0.15) is 26.3 Å². The largest absolute Gasteiger partial charge is 0.431 e. The van der Waals surface area contributed by atoms with Crippen LogP contribution >= 0.6 is 0 Å². The highest BCUT2D eigenvalue weighted by atomic mass is 19.4. The first-order valence-corrected chi connectivity index (χ1v) is 7.50.